The third-order valence-corrected chi connectivity index (χ3v) is 2.60. The molecule has 1 aromatic rings. The SMILES string of the molecule is CC(N)CSc1nccn1C.Cl. The molecule has 1 unspecified atom stereocenters. The molecule has 0 aliphatic carbocycles. The topological polar surface area (TPSA) is 43.8 Å². The minimum absolute atomic E-state index is 0. The summed E-state index contributed by atoms with van der Waals surface area (Å²) in [6.45, 7) is 2.00. The zero-order valence-electron chi connectivity index (χ0n) is 7.23. The van der Waals surface area contributed by atoms with Crippen LogP contribution in [0.1, 0.15) is 6.92 Å². The molecule has 2 N–H and O–H groups in total. The van der Waals surface area contributed by atoms with E-state index in [1.165, 1.54) is 0 Å². The van der Waals surface area contributed by atoms with Crippen molar-refractivity contribution >= 4 is 24.2 Å². The highest BCUT2D eigenvalue weighted by Crippen LogP contribution is 2.14. The first kappa shape index (κ1) is 11.8. The quantitative estimate of drug-likeness (QED) is 0.760. The van der Waals surface area contributed by atoms with Gasteiger partial charge in [-0.2, -0.15) is 0 Å². The normalized spacial score (nSPS) is 12.2. The molecule has 0 aliphatic rings. The summed E-state index contributed by atoms with van der Waals surface area (Å²) in [6, 6.07) is 0.233. The van der Waals surface area contributed by atoms with Gasteiger partial charge in [-0.25, -0.2) is 4.98 Å². The molecule has 0 spiro atoms. The van der Waals surface area contributed by atoms with Gasteiger partial charge in [0.1, 0.15) is 0 Å². The molecular weight excluding hydrogens is 194 g/mol. The molecule has 0 aromatic carbocycles. The number of nitrogens with zero attached hydrogens (tertiary/aromatic N) is 2. The fraction of sp³-hybridized carbons (Fsp3) is 0.571. The van der Waals surface area contributed by atoms with Gasteiger partial charge in [-0.05, 0) is 6.92 Å². The van der Waals surface area contributed by atoms with Gasteiger partial charge in [-0.1, -0.05) is 11.8 Å². The summed E-state index contributed by atoms with van der Waals surface area (Å²) in [6.07, 6.45) is 3.73. The highest BCUT2D eigenvalue weighted by molar-refractivity contribution is 7.99. The predicted molar refractivity (Wildman–Crippen MR) is 54.8 cm³/mol. The minimum Gasteiger partial charge on any atom is -0.329 e. The summed E-state index contributed by atoms with van der Waals surface area (Å²) in [7, 11) is 1.98. The first-order valence-electron chi connectivity index (χ1n) is 3.56. The lowest BCUT2D eigenvalue weighted by molar-refractivity contribution is 0.782. The fourth-order valence-electron chi connectivity index (χ4n) is 0.697. The number of aryl methyl sites for hydroxylation is 1. The number of hydrogen-bond acceptors (Lipinski definition) is 3. The van der Waals surface area contributed by atoms with Crippen LogP contribution in [0.15, 0.2) is 17.6 Å². The lowest BCUT2D eigenvalue weighted by Gasteiger charge is -2.03. The molecule has 5 heteroatoms. The van der Waals surface area contributed by atoms with Crippen LogP contribution >= 0.6 is 24.2 Å². The number of rotatable bonds is 3. The van der Waals surface area contributed by atoms with E-state index in [1.807, 2.05) is 24.7 Å². The standard InChI is InChI=1S/C7H13N3S.ClH/c1-6(8)5-11-7-9-3-4-10(7)2;/h3-4,6H,5,8H2,1-2H3;1H. The molecule has 0 bridgehead atoms. The predicted octanol–water partition coefficient (Wildman–Crippen LogP) is 1.28. The Hall–Kier alpha value is -0.190. The van der Waals surface area contributed by atoms with Crippen molar-refractivity contribution in [2.75, 3.05) is 5.75 Å². The van der Waals surface area contributed by atoms with Crippen molar-refractivity contribution in [1.82, 2.24) is 9.55 Å². The Morgan fingerprint density at radius 3 is 2.83 bits per heavy atom. The van der Waals surface area contributed by atoms with E-state index in [1.54, 1.807) is 18.0 Å². The summed E-state index contributed by atoms with van der Waals surface area (Å²) in [5, 5.41) is 1.03. The smallest absolute Gasteiger partial charge is 0.167 e. The Morgan fingerprint density at radius 2 is 2.42 bits per heavy atom. The lowest BCUT2D eigenvalue weighted by Crippen LogP contribution is -2.17. The highest BCUT2D eigenvalue weighted by Gasteiger charge is 2.00. The molecule has 0 fully saturated rings. The van der Waals surface area contributed by atoms with Crippen LogP contribution in [0.5, 0.6) is 0 Å². The molecule has 1 atom stereocenters. The number of halogens is 1. The van der Waals surface area contributed by atoms with Gasteiger partial charge >= 0.3 is 0 Å². The molecule has 0 saturated heterocycles. The molecule has 70 valence electrons. The van der Waals surface area contributed by atoms with E-state index in [0.717, 1.165) is 10.9 Å². The number of thioether (sulfide) groups is 1. The summed E-state index contributed by atoms with van der Waals surface area (Å²) >= 11 is 1.69. The van der Waals surface area contributed by atoms with Crippen molar-refractivity contribution in [1.29, 1.82) is 0 Å². The van der Waals surface area contributed by atoms with E-state index in [0.29, 0.717) is 0 Å². The van der Waals surface area contributed by atoms with Gasteiger partial charge < -0.3 is 10.3 Å². The molecule has 1 rings (SSSR count). The van der Waals surface area contributed by atoms with Crippen LogP contribution in [0.25, 0.3) is 0 Å². The van der Waals surface area contributed by atoms with Gasteiger partial charge in [-0.3, -0.25) is 0 Å². The van der Waals surface area contributed by atoms with Crippen molar-refractivity contribution in [3.63, 3.8) is 0 Å². The van der Waals surface area contributed by atoms with Crippen molar-refractivity contribution in [2.24, 2.45) is 12.8 Å². The van der Waals surface area contributed by atoms with Crippen LogP contribution in [-0.2, 0) is 7.05 Å². The molecule has 1 heterocycles. The van der Waals surface area contributed by atoms with Crippen LogP contribution in [0.2, 0.25) is 0 Å². The van der Waals surface area contributed by atoms with Gasteiger partial charge in [0.05, 0.1) is 0 Å². The first-order valence-corrected chi connectivity index (χ1v) is 4.54. The molecule has 12 heavy (non-hydrogen) atoms. The van der Waals surface area contributed by atoms with Gasteiger partial charge in [0.15, 0.2) is 5.16 Å². The Morgan fingerprint density at radius 1 is 1.75 bits per heavy atom. The third kappa shape index (κ3) is 3.47. The van der Waals surface area contributed by atoms with Crippen LogP contribution < -0.4 is 5.73 Å². The largest absolute Gasteiger partial charge is 0.329 e. The Labute approximate surface area is 83.1 Å². The average molecular weight is 208 g/mol. The van der Waals surface area contributed by atoms with Crippen molar-refractivity contribution in [3.8, 4) is 0 Å². The maximum Gasteiger partial charge on any atom is 0.167 e. The molecular formula is C7H14ClN3S. The second-order valence-corrected chi connectivity index (χ2v) is 3.60. The first-order chi connectivity index (χ1) is 5.20. The van der Waals surface area contributed by atoms with Crippen LogP contribution in [0.3, 0.4) is 0 Å². The molecule has 0 amide bonds. The van der Waals surface area contributed by atoms with E-state index in [4.69, 9.17) is 5.73 Å². The number of imidazole rings is 1. The van der Waals surface area contributed by atoms with Gasteiger partial charge in [-0.15, -0.1) is 12.4 Å². The summed E-state index contributed by atoms with van der Waals surface area (Å²) in [4.78, 5) is 4.16. The van der Waals surface area contributed by atoms with Gasteiger partial charge in [0.2, 0.25) is 0 Å². The summed E-state index contributed by atoms with van der Waals surface area (Å²) in [5.41, 5.74) is 5.60. The summed E-state index contributed by atoms with van der Waals surface area (Å²) < 4.78 is 1.99. The summed E-state index contributed by atoms with van der Waals surface area (Å²) in [5.74, 6) is 0.921. The maximum atomic E-state index is 5.60. The van der Waals surface area contributed by atoms with Crippen molar-refractivity contribution < 1.29 is 0 Å². The Balaban J connectivity index is 0.00000121. The average Bonchev–Trinajstić information content (AvgIpc) is 2.31. The van der Waals surface area contributed by atoms with E-state index in [9.17, 15) is 0 Å². The number of hydrogen-bond donors (Lipinski definition) is 1. The fourth-order valence-corrected chi connectivity index (χ4v) is 1.51. The van der Waals surface area contributed by atoms with Gasteiger partial charge in [0.25, 0.3) is 0 Å². The number of nitrogens with two attached hydrogens (primary N) is 1. The van der Waals surface area contributed by atoms with Gasteiger partial charge in [0, 0.05) is 31.2 Å². The molecule has 0 radical (unpaired) electrons. The Kier molecular flexibility index (Phi) is 5.37. The molecule has 1 aromatic heterocycles. The van der Waals surface area contributed by atoms with E-state index >= 15 is 0 Å². The Bertz CT molecular complexity index is 224. The van der Waals surface area contributed by atoms with E-state index < -0.39 is 0 Å². The highest BCUT2D eigenvalue weighted by atomic mass is 35.5. The van der Waals surface area contributed by atoms with E-state index in [2.05, 4.69) is 4.98 Å². The second-order valence-electron chi connectivity index (χ2n) is 2.61. The van der Waals surface area contributed by atoms with Crippen LogP contribution in [-0.4, -0.2) is 21.3 Å². The second kappa shape index (κ2) is 5.45. The zero-order valence-corrected chi connectivity index (χ0v) is 8.86. The van der Waals surface area contributed by atoms with Crippen molar-refractivity contribution in [2.45, 2.75) is 18.1 Å². The van der Waals surface area contributed by atoms with Crippen LogP contribution in [0, 0.1) is 0 Å². The molecule has 0 saturated carbocycles. The minimum atomic E-state index is 0. The number of aromatic nitrogens is 2. The monoisotopic (exact) mass is 207 g/mol. The molecule has 3 nitrogen and oxygen atoms in total. The molecule has 0 aliphatic heterocycles. The zero-order chi connectivity index (χ0) is 8.27. The lowest BCUT2D eigenvalue weighted by atomic mass is 10.4. The van der Waals surface area contributed by atoms with E-state index in [-0.39, 0.29) is 18.4 Å². The maximum absolute atomic E-state index is 5.60. The third-order valence-electron chi connectivity index (χ3n) is 1.25. The van der Waals surface area contributed by atoms with Crippen LogP contribution in [0.4, 0.5) is 0 Å². The van der Waals surface area contributed by atoms with Crippen molar-refractivity contribution in [3.05, 3.63) is 12.4 Å².